The van der Waals surface area contributed by atoms with Gasteiger partial charge in [-0.05, 0) is 55.5 Å². The normalized spacial score (nSPS) is 27.6. The van der Waals surface area contributed by atoms with Crippen molar-refractivity contribution >= 4 is 23.4 Å². The Morgan fingerprint density at radius 2 is 2.03 bits per heavy atom. The molecule has 0 bridgehead atoms. The summed E-state index contributed by atoms with van der Waals surface area (Å²) in [6, 6.07) is 4.49. The molecule has 1 aliphatic carbocycles. The summed E-state index contributed by atoms with van der Waals surface area (Å²) in [6.07, 6.45) is 2.50. The molecule has 9 heteroatoms. The molecular weight excluding hydrogens is 440 g/mol. The Kier molecular flexibility index (Phi) is 4.98. The van der Waals surface area contributed by atoms with E-state index in [-0.39, 0.29) is 28.3 Å². The Labute approximate surface area is 188 Å². The number of primary amides is 1. The number of aromatic nitrogens is 1. The van der Waals surface area contributed by atoms with E-state index >= 15 is 4.39 Å². The Bertz CT molecular complexity index is 1130. The highest BCUT2D eigenvalue weighted by Crippen LogP contribution is 2.67. The average molecular weight is 462 g/mol. The molecule has 168 valence electrons. The van der Waals surface area contributed by atoms with Crippen molar-refractivity contribution < 1.29 is 23.1 Å². The summed E-state index contributed by atoms with van der Waals surface area (Å²) in [5.41, 5.74) is 6.03. The zero-order valence-electron chi connectivity index (χ0n) is 17.4. The standard InChI is InChI=1S/C23H22ClF2N3O3/c1-11-4-12(2-3-28-11)22(31)29-19(21(27)30)5-14-8-23(14,29)20(13-9-32-10-13)15-6-18(26)16(24)7-17(15)25/h2-4,6-7,13-14,19-20H,5,8-10H2,1H3,(H2,27,30)/t14?,19?,20-,23?/m1/s1. The van der Waals surface area contributed by atoms with Crippen LogP contribution in [0.25, 0.3) is 0 Å². The summed E-state index contributed by atoms with van der Waals surface area (Å²) >= 11 is 5.79. The number of benzene rings is 1. The number of aryl methyl sites for hydroxylation is 1. The van der Waals surface area contributed by atoms with E-state index in [1.807, 2.05) is 0 Å². The highest BCUT2D eigenvalue weighted by molar-refractivity contribution is 6.30. The Hall–Kier alpha value is -2.58. The first-order valence-corrected chi connectivity index (χ1v) is 10.9. The van der Waals surface area contributed by atoms with E-state index in [1.54, 1.807) is 19.1 Å². The van der Waals surface area contributed by atoms with Crippen LogP contribution in [-0.2, 0) is 9.53 Å². The fourth-order valence-corrected chi connectivity index (χ4v) is 5.81. The highest BCUT2D eigenvalue weighted by Gasteiger charge is 2.72. The van der Waals surface area contributed by atoms with Crippen molar-refractivity contribution in [1.82, 2.24) is 9.88 Å². The zero-order chi connectivity index (χ0) is 22.8. The molecule has 0 radical (unpaired) electrons. The number of piperidine rings is 1. The van der Waals surface area contributed by atoms with Crippen molar-refractivity contribution in [2.45, 2.75) is 37.3 Å². The van der Waals surface area contributed by atoms with Crippen molar-refractivity contribution in [3.05, 3.63) is 63.9 Å². The van der Waals surface area contributed by atoms with Gasteiger partial charge in [-0.3, -0.25) is 14.6 Å². The molecule has 2 N–H and O–H groups in total. The number of fused-ring (bicyclic) bond motifs is 1. The van der Waals surface area contributed by atoms with Gasteiger partial charge in [0, 0.05) is 29.3 Å². The molecule has 6 nitrogen and oxygen atoms in total. The maximum Gasteiger partial charge on any atom is 0.255 e. The van der Waals surface area contributed by atoms with Gasteiger partial charge in [-0.15, -0.1) is 0 Å². The van der Waals surface area contributed by atoms with E-state index in [0.717, 1.165) is 12.1 Å². The zero-order valence-corrected chi connectivity index (χ0v) is 18.1. The van der Waals surface area contributed by atoms with Crippen molar-refractivity contribution in [1.29, 1.82) is 0 Å². The molecule has 2 aliphatic heterocycles. The smallest absolute Gasteiger partial charge is 0.255 e. The summed E-state index contributed by atoms with van der Waals surface area (Å²) in [7, 11) is 0. The second-order valence-electron chi connectivity index (χ2n) is 8.97. The molecule has 2 aromatic rings. The molecule has 4 atom stereocenters. The molecule has 32 heavy (non-hydrogen) atoms. The number of hydrogen-bond acceptors (Lipinski definition) is 4. The fourth-order valence-electron chi connectivity index (χ4n) is 5.66. The van der Waals surface area contributed by atoms with Crippen molar-refractivity contribution in [2.24, 2.45) is 17.6 Å². The van der Waals surface area contributed by atoms with Crippen LogP contribution in [0.2, 0.25) is 5.02 Å². The van der Waals surface area contributed by atoms with Gasteiger partial charge in [0.1, 0.15) is 17.7 Å². The number of likely N-dealkylation sites (tertiary alicyclic amines) is 1. The predicted molar refractivity (Wildman–Crippen MR) is 112 cm³/mol. The number of amides is 2. The first-order chi connectivity index (χ1) is 15.2. The van der Waals surface area contributed by atoms with Gasteiger partial charge in [0.2, 0.25) is 5.91 Å². The maximum atomic E-state index is 15.1. The van der Waals surface area contributed by atoms with Gasteiger partial charge in [-0.25, -0.2) is 8.78 Å². The number of carbonyl (C=O) groups is 2. The third kappa shape index (κ3) is 3.11. The van der Waals surface area contributed by atoms with Crippen molar-refractivity contribution in [3.8, 4) is 0 Å². The molecule has 3 unspecified atom stereocenters. The molecular formula is C23H22ClF2N3O3. The quantitative estimate of drug-likeness (QED) is 0.693. The second kappa shape index (κ2) is 7.49. The molecule has 0 spiro atoms. The van der Waals surface area contributed by atoms with Gasteiger partial charge >= 0.3 is 0 Å². The van der Waals surface area contributed by atoms with Gasteiger partial charge in [-0.1, -0.05) is 11.6 Å². The molecule has 2 amide bonds. The van der Waals surface area contributed by atoms with Crippen LogP contribution in [0.5, 0.6) is 0 Å². The predicted octanol–water partition coefficient (Wildman–Crippen LogP) is 3.21. The minimum Gasteiger partial charge on any atom is -0.381 e. The van der Waals surface area contributed by atoms with Gasteiger partial charge in [0.05, 0.1) is 23.8 Å². The van der Waals surface area contributed by atoms with E-state index in [0.29, 0.717) is 37.3 Å². The number of halogens is 3. The Morgan fingerprint density at radius 3 is 2.66 bits per heavy atom. The minimum absolute atomic E-state index is 0.0457. The van der Waals surface area contributed by atoms with E-state index < -0.39 is 35.0 Å². The number of hydrogen-bond donors (Lipinski definition) is 1. The van der Waals surface area contributed by atoms with E-state index in [2.05, 4.69) is 4.98 Å². The lowest BCUT2D eigenvalue weighted by Crippen LogP contribution is -2.55. The number of nitrogens with two attached hydrogens (primary N) is 1. The largest absolute Gasteiger partial charge is 0.381 e. The molecule has 1 saturated carbocycles. The first-order valence-electron chi connectivity index (χ1n) is 10.5. The summed E-state index contributed by atoms with van der Waals surface area (Å²) in [6.45, 7) is 2.49. The SMILES string of the molecule is Cc1cc(C(=O)N2C(C(N)=O)CC3CC32[C@@H](c2cc(F)c(Cl)cc2F)C2COC2)ccn1. The number of carbonyl (C=O) groups excluding carboxylic acids is 2. The van der Waals surface area contributed by atoms with Crippen LogP contribution in [0.4, 0.5) is 8.78 Å². The third-order valence-corrected chi connectivity index (χ3v) is 7.42. The van der Waals surface area contributed by atoms with E-state index in [4.69, 9.17) is 22.1 Å². The van der Waals surface area contributed by atoms with Crippen LogP contribution in [0, 0.1) is 30.4 Å². The Morgan fingerprint density at radius 1 is 1.28 bits per heavy atom. The van der Waals surface area contributed by atoms with E-state index in [9.17, 15) is 14.0 Å². The number of nitrogens with zero attached hydrogens (tertiary/aromatic N) is 2. The topological polar surface area (TPSA) is 85.5 Å². The minimum atomic E-state index is -0.844. The maximum absolute atomic E-state index is 15.1. The van der Waals surface area contributed by atoms with Crippen LogP contribution in [0.15, 0.2) is 30.5 Å². The number of ether oxygens (including phenoxy) is 1. The lowest BCUT2D eigenvalue weighted by Gasteiger charge is -2.44. The van der Waals surface area contributed by atoms with Gasteiger partial charge < -0.3 is 15.4 Å². The molecule has 2 saturated heterocycles. The second-order valence-corrected chi connectivity index (χ2v) is 9.38. The molecule has 3 fully saturated rings. The fraction of sp³-hybridized carbons (Fsp3) is 0.435. The monoisotopic (exact) mass is 461 g/mol. The molecule has 3 heterocycles. The van der Waals surface area contributed by atoms with Crippen molar-refractivity contribution in [3.63, 3.8) is 0 Å². The Balaban J connectivity index is 1.64. The summed E-state index contributed by atoms with van der Waals surface area (Å²) < 4.78 is 34.9. The van der Waals surface area contributed by atoms with E-state index in [1.165, 1.54) is 11.1 Å². The summed E-state index contributed by atoms with van der Waals surface area (Å²) in [5, 5.41) is -0.304. The van der Waals surface area contributed by atoms with Crippen LogP contribution in [0.1, 0.15) is 40.4 Å². The van der Waals surface area contributed by atoms with Gasteiger partial charge in [0.25, 0.3) is 5.91 Å². The van der Waals surface area contributed by atoms with Crippen LogP contribution in [0.3, 0.4) is 0 Å². The molecule has 5 rings (SSSR count). The molecule has 3 aliphatic rings. The molecule has 1 aromatic carbocycles. The summed E-state index contributed by atoms with van der Waals surface area (Å²) in [4.78, 5) is 31.7. The highest BCUT2D eigenvalue weighted by atomic mass is 35.5. The van der Waals surface area contributed by atoms with Gasteiger partial charge in [0.15, 0.2) is 0 Å². The lowest BCUT2D eigenvalue weighted by molar-refractivity contribution is -0.123. The number of pyridine rings is 1. The summed E-state index contributed by atoms with van der Waals surface area (Å²) in [5.74, 6) is -3.06. The number of rotatable bonds is 5. The van der Waals surface area contributed by atoms with Crippen LogP contribution >= 0.6 is 11.6 Å². The third-order valence-electron chi connectivity index (χ3n) is 7.13. The average Bonchev–Trinajstić information content (AvgIpc) is 3.32. The lowest BCUT2D eigenvalue weighted by atomic mass is 9.76. The van der Waals surface area contributed by atoms with Crippen LogP contribution < -0.4 is 5.73 Å². The van der Waals surface area contributed by atoms with Crippen molar-refractivity contribution in [2.75, 3.05) is 13.2 Å². The molecule has 1 aromatic heterocycles. The van der Waals surface area contributed by atoms with Crippen LogP contribution in [-0.4, -0.2) is 46.5 Å². The van der Waals surface area contributed by atoms with Gasteiger partial charge in [-0.2, -0.15) is 0 Å². The first kappa shape index (κ1) is 21.3.